The summed E-state index contributed by atoms with van der Waals surface area (Å²) in [6.45, 7) is 1.85. The second-order valence-corrected chi connectivity index (χ2v) is 7.59. The quantitative estimate of drug-likeness (QED) is 0.494. The van der Waals surface area contributed by atoms with Gasteiger partial charge in [-0.2, -0.15) is 0 Å². The summed E-state index contributed by atoms with van der Waals surface area (Å²) in [5, 5.41) is 10.9. The summed E-state index contributed by atoms with van der Waals surface area (Å²) < 4.78 is 4.72. The number of thiol groups is 1. The van der Waals surface area contributed by atoms with Crippen molar-refractivity contribution in [3.63, 3.8) is 0 Å². The maximum Gasteiger partial charge on any atom is 0.413 e. The van der Waals surface area contributed by atoms with Crippen LogP contribution in [0.4, 0.5) is 16.2 Å². The summed E-state index contributed by atoms with van der Waals surface area (Å²) in [4.78, 5) is 36.2. The summed E-state index contributed by atoms with van der Waals surface area (Å²) >= 11 is 5.77. The molecule has 10 heteroatoms. The van der Waals surface area contributed by atoms with E-state index in [1.54, 1.807) is 25.1 Å². The third kappa shape index (κ3) is 4.18. The lowest BCUT2D eigenvalue weighted by Gasteiger charge is -2.19. The number of hydrogen-bond donors (Lipinski definition) is 5. The van der Waals surface area contributed by atoms with E-state index in [9.17, 15) is 14.4 Å². The zero-order valence-corrected chi connectivity index (χ0v) is 15.8. The van der Waals surface area contributed by atoms with Crippen LogP contribution in [0.3, 0.4) is 0 Å². The summed E-state index contributed by atoms with van der Waals surface area (Å²) in [6, 6.07) is 5.25. The zero-order valence-electron chi connectivity index (χ0n) is 14.1. The van der Waals surface area contributed by atoms with Gasteiger partial charge >= 0.3 is 6.09 Å². The fourth-order valence-electron chi connectivity index (χ4n) is 2.83. The number of thioether (sulfide) groups is 1. The third-order valence-corrected chi connectivity index (χ3v) is 5.60. The molecule has 2 aliphatic heterocycles. The van der Waals surface area contributed by atoms with Crippen LogP contribution in [-0.4, -0.2) is 41.1 Å². The molecule has 3 atom stereocenters. The Morgan fingerprint density at radius 3 is 2.85 bits per heavy atom. The minimum absolute atomic E-state index is 0.188. The molecule has 0 radical (unpaired) electrons. The van der Waals surface area contributed by atoms with E-state index < -0.39 is 23.3 Å². The number of carbonyl (C=O) groups excluding carboxylic acids is 3. The molecule has 1 aromatic carbocycles. The molecular formula is C16H20N4O4S2. The Morgan fingerprint density at radius 1 is 1.31 bits per heavy atom. The van der Waals surface area contributed by atoms with Crippen LogP contribution in [0.1, 0.15) is 23.7 Å². The summed E-state index contributed by atoms with van der Waals surface area (Å²) in [5.74, 6) is -0.463. The molecule has 0 saturated carbocycles. The monoisotopic (exact) mass is 396 g/mol. The Hall–Kier alpha value is -2.07. The maximum atomic E-state index is 12.6. The van der Waals surface area contributed by atoms with Gasteiger partial charge in [0, 0.05) is 5.56 Å². The van der Waals surface area contributed by atoms with Crippen LogP contribution in [0.2, 0.25) is 0 Å². The van der Waals surface area contributed by atoms with Crippen molar-refractivity contribution in [2.45, 2.75) is 24.2 Å². The number of alkyl carbamates (subject to hydrolysis) is 1. The molecule has 1 fully saturated rings. The van der Waals surface area contributed by atoms with E-state index >= 15 is 0 Å². The topological polar surface area (TPSA) is 109 Å². The van der Waals surface area contributed by atoms with Crippen LogP contribution in [-0.2, 0) is 9.53 Å². The van der Waals surface area contributed by atoms with Gasteiger partial charge in [-0.25, -0.2) is 4.79 Å². The average molecular weight is 396 g/mol. The molecule has 3 rings (SSSR count). The standard InChI is InChI=1S/C16H20N4O4S2/c1-2-24-16(23)20-13(22)9-5-6-26-14(9)19-12(21)8-3-4-10-11(7-8)18-15(25)17-10/h3-4,7,9,14-15,17-18,25H,2,5-6H2,1H3,(H,19,21)(H,20,22,23). The van der Waals surface area contributed by atoms with Crippen LogP contribution < -0.4 is 21.3 Å². The number of fused-ring (bicyclic) bond motifs is 1. The van der Waals surface area contributed by atoms with E-state index in [0.717, 1.165) is 17.1 Å². The molecule has 0 spiro atoms. The largest absolute Gasteiger partial charge is 0.450 e. The van der Waals surface area contributed by atoms with Crippen LogP contribution in [0.5, 0.6) is 0 Å². The lowest BCUT2D eigenvalue weighted by atomic mass is 10.1. The number of rotatable bonds is 4. The molecule has 0 bridgehead atoms. The van der Waals surface area contributed by atoms with Gasteiger partial charge in [0.25, 0.3) is 5.91 Å². The van der Waals surface area contributed by atoms with Crippen molar-refractivity contribution in [1.82, 2.24) is 10.6 Å². The second kappa shape index (κ2) is 8.09. The maximum absolute atomic E-state index is 12.6. The Labute approximate surface area is 160 Å². The minimum atomic E-state index is -0.766. The van der Waals surface area contributed by atoms with Gasteiger partial charge in [0.05, 0.1) is 29.3 Å². The molecule has 2 aliphatic rings. The van der Waals surface area contributed by atoms with E-state index in [4.69, 9.17) is 4.74 Å². The first kappa shape index (κ1) is 18.7. The molecule has 1 saturated heterocycles. The number of ether oxygens (including phenoxy) is 1. The molecule has 140 valence electrons. The molecule has 0 aromatic heterocycles. The smallest absolute Gasteiger partial charge is 0.413 e. The van der Waals surface area contributed by atoms with Crippen LogP contribution in [0.25, 0.3) is 0 Å². The molecule has 0 aliphatic carbocycles. The highest BCUT2D eigenvalue weighted by molar-refractivity contribution is 8.00. The predicted octanol–water partition coefficient (Wildman–Crippen LogP) is 1.82. The van der Waals surface area contributed by atoms with Crippen molar-refractivity contribution in [1.29, 1.82) is 0 Å². The average Bonchev–Trinajstić information content (AvgIpc) is 3.19. The lowest BCUT2D eigenvalue weighted by Crippen LogP contribution is -2.44. The number of amides is 3. The molecule has 26 heavy (non-hydrogen) atoms. The summed E-state index contributed by atoms with van der Waals surface area (Å²) in [5.41, 5.74) is 1.97. The molecule has 1 aromatic rings. The number of benzene rings is 1. The molecule has 4 N–H and O–H groups in total. The number of hydrogen-bond acceptors (Lipinski definition) is 8. The normalized spacial score (nSPS) is 23.4. The summed E-state index contributed by atoms with van der Waals surface area (Å²) in [7, 11) is 0. The first-order valence-corrected chi connectivity index (χ1v) is 9.79. The highest BCUT2D eigenvalue weighted by Gasteiger charge is 2.36. The van der Waals surface area contributed by atoms with Crippen molar-refractivity contribution in [3.8, 4) is 0 Å². The van der Waals surface area contributed by atoms with E-state index in [0.29, 0.717) is 12.0 Å². The van der Waals surface area contributed by atoms with Gasteiger partial charge in [-0.15, -0.1) is 24.4 Å². The van der Waals surface area contributed by atoms with Crippen molar-refractivity contribution in [2.75, 3.05) is 23.0 Å². The van der Waals surface area contributed by atoms with Crippen molar-refractivity contribution >= 4 is 53.7 Å². The molecular weight excluding hydrogens is 376 g/mol. The van der Waals surface area contributed by atoms with Crippen molar-refractivity contribution in [2.24, 2.45) is 5.92 Å². The highest BCUT2D eigenvalue weighted by Crippen LogP contribution is 2.33. The number of anilines is 2. The van der Waals surface area contributed by atoms with Gasteiger partial charge in [0.15, 0.2) is 0 Å². The minimum Gasteiger partial charge on any atom is -0.450 e. The second-order valence-electron chi connectivity index (χ2n) is 5.82. The Morgan fingerprint density at radius 2 is 2.08 bits per heavy atom. The zero-order chi connectivity index (χ0) is 18.7. The SMILES string of the molecule is CCOC(=O)NC(=O)C1CCSC1NC(=O)c1ccc2c(c1)NC(S)N2. The van der Waals surface area contributed by atoms with Crippen LogP contribution >= 0.6 is 24.4 Å². The Bertz CT molecular complexity index is 730. The van der Waals surface area contributed by atoms with Gasteiger partial charge < -0.3 is 20.7 Å². The molecule has 2 heterocycles. The van der Waals surface area contributed by atoms with Gasteiger partial charge in [0.2, 0.25) is 5.91 Å². The molecule has 3 unspecified atom stereocenters. The van der Waals surface area contributed by atoms with Crippen LogP contribution in [0, 0.1) is 5.92 Å². The van der Waals surface area contributed by atoms with E-state index in [-0.39, 0.29) is 18.0 Å². The number of carbonyl (C=O) groups is 3. The van der Waals surface area contributed by atoms with Gasteiger partial charge in [0.1, 0.15) is 5.50 Å². The van der Waals surface area contributed by atoms with E-state index in [1.165, 1.54) is 11.8 Å². The van der Waals surface area contributed by atoms with Gasteiger partial charge in [-0.3, -0.25) is 14.9 Å². The predicted molar refractivity (Wildman–Crippen MR) is 103 cm³/mol. The van der Waals surface area contributed by atoms with Crippen molar-refractivity contribution in [3.05, 3.63) is 23.8 Å². The van der Waals surface area contributed by atoms with Crippen molar-refractivity contribution < 1.29 is 19.1 Å². The van der Waals surface area contributed by atoms with Gasteiger partial charge in [-0.05, 0) is 37.3 Å². The molecule has 3 amide bonds. The molecule has 8 nitrogen and oxygen atoms in total. The van der Waals surface area contributed by atoms with Crippen LogP contribution in [0.15, 0.2) is 18.2 Å². The van der Waals surface area contributed by atoms with E-state index in [1.807, 2.05) is 0 Å². The lowest BCUT2D eigenvalue weighted by molar-refractivity contribution is -0.124. The third-order valence-electron chi connectivity index (χ3n) is 4.07. The number of imide groups is 1. The first-order chi connectivity index (χ1) is 12.5. The Kier molecular flexibility index (Phi) is 5.82. The number of nitrogens with one attached hydrogen (secondary N) is 4. The fraction of sp³-hybridized carbons (Fsp3) is 0.438. The summed E-state index contributed by atoms with van der Waals surface area (Å²) in [6.07, 6.45) is -0.185. The highest BCUT2D eigenvalue weighted by atomic mass is 32.2. The van der Waals surface area contributed by atoms with Gasteiger partial charge in [-0.1, -0.05) is 0 Å². The Balaban J connectivity index is 1.62. The first-order valence-electron chi connectivity index (χ1n) is 8.23. The van der Waals surface area contributed by atoms with E-state index in [2.05, 4.69) is 33.9 Å². The fourth-order valence-corrected chi connectivity index (χ4v) is 4.44.